The van der Waals surface area contributed by atoms with Gasteiger partial charge in [0.25, 0.3) is 0 Å². The second-order valence-electron chi connectivity index (χ2n) is 7.37. The minimum Gasteiger partial charge on any atom is -0.466 e. The Labute approximate surface area is 162 Å². The minimum atomic E-state index is -0.426. The Bertz CT molecular complexity index is 1050. The van der Waals surface area contributed by atoms with Crippen LogP contribution >= 0.6 is 0 Å². The molecule has 2 aromatic heterocycles. The molecule has 0 radical (unpaired) electrons. The third-order valence-corrected chi connectivity index (χ3v) is 5.39. The van der Waals surface area contributed by atoms with Gasteiger partial charge in [-0.15, -0.1) is 0 Å². The van der Waals surface area contributed by atoms with Gasteiger partial charge in [-0.25, -0.2) is 14.2 Å². The van der Waals surface area contributed by atoms with E-state index >= 15 is 0 Å². The topological polar surface area (TPSA) is 78.4 Å². The molecule has 0 bridgehead atoms. The van der Waals surface area contributed by atoms with Gasteiger partial charge in [0.2, 0.25) is 0 Å². The molecule has 0 aliphatic carbocycles. The Balaban J connectivity index is 1.62. The van der Waals surface area contributed by atoms with Crippen molar-refractivity contribution in [2.45, 2.75) is 39.8 Å². The van der Waals surface area contributed by atoms with Gasteiger partial charge in [0.1, 0.15) is 11.5 Å². The molecule has 1 saturated heterocycles. The number of nitrogens with zero attached hydrogens (tertiary/aromatic N) is 2. The number of aromatic nitrogens is 2. The minimum absolute atomic E-state index is 0.301. The highest BCUT2D eigenvalue weighted by Gasteiger charge is 2.22. The monoisotopic (exact) mass is 383 g/mol. The van der Waals surface area contributed by atoms with Crippen LogP contribution in [-0.2, 0) is 17.8 Å². The number of furan rings is 1. The van der Waals surface area contributed by atoms with E-state index in [0.29, 0.717) is 24.5 Å². The van der Waals surface area contributed by atoms with Crippen LogP contribution in [0.5, 0.6) is 0 Å². The quantitative estimate of drug-likeness (QED) is 0.750. The smallest absolute Gasteiger partial charge is 0.337 e. The van der Waals surface area contributed by atoms with Gasteiger partial charge in [-0.1, -0.05) is 12.1 Å². The summed E-state index contributed by atoms with van der Waals surface area (Å²) in [6.07, 6.45) is 1.86. The van der Waals surface area contributed by atoms with Crippen LogP contribution in [0.3, 0.4) is 0 Å². The highest BCUT2D eigenvalue weighted by Crippen LogP contribution is 2.20. The van der Waals surface area contributed by atoms with E-state index < -0.39 is 6.03 Å². The number of fused-ring (bicyclic) bond motifs is 1. The Morgan fingerprint density at radius 3 is 2.57 bits per heavy atom. The molecule has 0 unspecified atom stereocenters. The molecule has 0 atom stereocenters. The van der Waals surface area contributed by atoms with Crippen molar-refractivity contribution in [3.05, 3.63) is 57.9 Å². The molecule has 28 heavy (non-hydrogen) atoms. The maximum atomic E-state index is 13.1. The zero-order valence-corrected chi connectivity index (χ0v) is 16.2. The number of hydrogen-bond donors (Lipinski definition) is 1. The van der Waals surface area contributed by atoms with Crippen LogP contribution in [0.15, 0.2) is 39.5 Å². The van der Waals surface area contributed by atoms with Crippen molar-refractivity contribution in [1.29, 1.82) is 0 Å². The number of rotatable bonds is 4. The molecular formula is C21H25N3O4. The molecule has 0 spiro atoms. The lowest BCUT2D eigenvalue weighted by Crippen LogP contribution is -2.37. The van der Waals surface area contributed by atoms with Gasteiger partial charge in [-0.05, 0) is 50.8 Å². The van der Waals surface area contributed by atoms with Crippen LogP contribution in [0.2, 0.25) is 0 Å². The molecule has 1 N–H and O–H groups in total. The predicted octanol–water partition coefficient (Wildman–Crippen LogP) is 3.20. The summed E-state index contributed by atoms with van der Waals surface area (Å²) >= 11 is 0. The Morgan fingerprint density at radius 2 is 1.89 bits per heavy atom. The van der Waals surface area contributed by atoms with Crippen molar-refractivity contribution in [2.24, 2.45) is 5.92 Å². The molecule has 7 heteroatoms. The number of aryl methyl sites for hydroxylation is 2. The fourth-order valence-electron chi connectivity index (χ4n) is 3.88. The highest BCUT2D eigenvalue weighted by molar-refractivity contribution is 5.89. The summed E-state index contributed by atoms with van der Waals surface area (Å²) in [6.45, 7) is 6.09. The summed E-state index contributed by atoms with van der Waals surface area (Å²) < 4.78 is 13.9. The summed E-state index contributed by atoms with van der Waals surface area (Å²) in [6, 6.07) is 8.90. The zero-order valence-electron chi connectivity index (χ0n) is 16.2. The van der Waals surface area contributed by atoms with Crippen molar-refractivity contribution in [3.63, 3.8) is 0 Å². The Morgan fingerprint density at radius 1 is 1.18 bits per heavy atom. The molecule has 7 nitrogen and oxygen atoms in total. The van der Waals surface area contributed by atoms with Crippen LogP contribution in [0, 0.1) is 19.8 Å². The largest absolute Gasteiger partial charge is 0.466 e. The standard InChI is InChI=1S/C21H25N3O4/c1-14-11-17(15(2)28-14)12-22-20(25)24-19-6-4-3-5-18(19)23(21(24)26)13-16-7-9-27-10-8-16/h3-6,11,16H,7-10,12-13H2,1-2H3,(H,22,25). The van der Waals surface area contributed by atoms with E-state index in [4.69, 9.17) is 9.15 Å². The number of amides is 1. The van der Waals surface area contributed by atoms with Crippen LogP contribution < -0.4 is 11.0 Å². The van der Waals surface area contributed by atoms with E-state index in [-0.39, 0.29) is 5.69 Å². The molecule has 1 aliphatic heterocycles. The summed E-state index contributed by atoms with van der Waals surface area (Å²) in [5.41, 5.74) is 2.01. The maximum absolute atomic E-state index is 13.1. The molecule has 1 aromatic carbocycles. The van der Waals surface area contributed by atoms with Crippen molar-refractivity contribution in [3.8, 4) is 0 Å². The van der Waals surface area contributed by atoms with Crippen LogP contribution in [0.4, 0.5) is 4.79 Å². The van der Waals surface area contributed by atoms with E-state index in [1.807, 2.05) is 44.2 Å². The Hall–Kier alpha value is -2.80. The fraction of sp³-hybridized carbons (Fsp3) is 0.429. The van der Waals surface area contributed by atoms with E-state index in [0.717, 1.165) is 48.7 Å². The maximum Gasteiger partial charge on any atom is 0.337 e. The van der Waals surface area contributed by atoms with Gasteiger partial charge in [0.05, 0.1) is 11.0 Å². The first kappa shape index (κ1) is 18.6. The van der Waals surface area contributed by atoms with Crippen LogP contribution in [0.25, 0.3) is 11.0 Å². The number of ether oxygens (including phenoxy) is 1. The van der Waals surface area contributed by atoms with Gasteiger partial charge >= 0.3 is 11.7 Å². The summed E-state index contributed by atoms with van der Waals surface area (Å²) in [4.78, 5) is 26.0. The van der Waals surface area contributed by atoms with Crippen LogP contribution in [-0.4, -0.2) is 28.4 Å². The second kappa shape index (κ2) is 7.67. The van der Waals surface area contributed by atoms with Crippen molar-refractivity contribution >= 4 is 17.1 Å². The number of imidazole rings is 1. The SMILES string of the molecule is Cc1cc(CNC(=O)n2c(=O)n(CC3CCOCC3)c3ccccc32)c(C)o1. The molecule has 148 valence electrons. The number of hydrogen-bond acceptors (Lipinski definition) is 4. The van der Waals surface area contributed by atoms with Gasteiger partial charge in [0, 0.05) is 31.9 Å². The first-order valence-electron chi connectivity index (χ1n) is 9.66. The zero-order chi connectivity index (χ0) is 19.7. The average Bonchev–Trinajstić information content (AvgIpc) is 3.16. The lowest BCUT2D eigenvalue weighted by Gasteiger charge is -2.22. The van der Waals surface area contributed by atoms with Gasteiger partial charge in [-0.3, -0.25) is 4.57 Å². The number of para-hydroxylation sites is 2. The highest BCUT2D eigenvalue weighted by atomic mass is 16.5. The molecule has 3 heterocycles. The lowest BCUT2D eigenvalue weighted by molar-refractivity contribution is 0.0613. The summed E-state index contributed by atoms with van der Waals surface area (Å²) in [7, 11) is 0. The van der Waals surface area contributed by atoms with Gasteiger partial charge < -0.3 is 14.5 Å². The Kier molecular flexibility index (Phi) is 5.09. The summed E-state index contributed by atoms with van der Waals surface area (Å²) in [5.74, 6) is 1.95. The molecular weight excluding hydrogens is 358 g/mol. The number of carbonyl (C=O) groups excluding carboxylic acids is 1. The lowest BCUT2D eigenvalue weighted by atomic mass is 10.0. The number of benzene rings is 1. The van der Waals surface area contributed by atoms with Gasteiger partial charge in [-0.2, -0.15) is 0 Å². The molecule has 0 saturated carbocycles. The van der Waals surface area contributed by atoms with Crippen molar-refractivity contribution < 1.29 is 13.9 Å². The average molecular weight is 383 g/mol. The van der Waals surface area contributed by atoms with Crippen molar-refractivity contribution in [2.75, 3.05) is 13.2 Å². The van der Waals surface area contributed by atoms with E-state index in [2.05, 4.69) is 5.32 Å². The fourth-order valence-corrected chi connectivity index (χ4v) is 3.88. The first-order valence-corrected chi connectivity index (χ1v) is 9.66. The first-order chi connectivity index (χ1) is 13.5. The van der Waals surface area contributed by atoms with E-state index in [1.54, 1.807) is 4.57 Å². The third-order valence-electron chi connectivity index (χ3n) is 5.39. The van der Waals surface area contributed by atoms with Crippen molar-refractivity contribution in [1.82, 2.24) is 14.5 Å². The van der Waals surface area contributed by atoms with E-state index in [1.165, 1.54) is 4.57 Å². The molecule has 1 aliphatic rings. The normalized spacial score (nSPS) is 15.2. The third kappa shape index (κ3) is 3.49. The molecule has 3 aromatic rings. The molecule has 1 amide bonds. The predicted molar refractivity (Wildman–Crippen MR) is 106 cm³/mol. The second-order valence-corrected chi connectivity index (χ2v) is 7.37. The van der Waals surface area contributed by atoms with Crippen LogP contribution in [0.1, 0.15) is 29.9 Å². The molecule has 1 fully saturated rings. The van der Waals surface area contributed by atoms with E-state index in [9.17, 15) is 9.59 Å². The van der Waals surface area contributed by atoms with Gasteiger partial charge in [0.15, 0.2) is 0 Å². The molecule has 4 rings (SSSR count). The number of carbonyl (C=O) groups is 1. The summed E-state index contributed by atoms with van der Waals surface area (Å²) in [5, 5.41) is 2.85. The number of nitrogens with one attached hydrogen (secondary N) is 1.